The van der Waals surface area contributed by atoms with Crippen LogP contribution in [0.2, 0.25) is 0 Å². The molecule has 1 saturated heterocycles. The van der Waals surface area contributed by atoms with Crippen LogP contribution in [0.5, 0.6) is 0 Å². The fourth-order valence-electron chi connectivity index (χ4n) is 2.20. The van der Waals surface area contributed by atoms with Crippen LogP contribution in [-0.4, -0.2) is 18.1 Å². The van der Waals surface area contributed by atoms with Crippen molar-refractivity contribution < 1.29 is 0 Å². The molecule has 3 heteroatoms. The predicted molar refractivity (Wildman–Crippen MR) is 70.4 cm³/mol. The Morgan fingerprint density at radius 1 is 1.25 bits per heavy atom. The number of nitrogens with one attached hydrogen (secondary N) is 1. The molecule has 1 aromatic rings. The minimum atomic E-state index is 0.195. The van der Waals surface area contributed by atoms with Gasteiger partial charge in [0.2, 0.25) is 0 Å². The highest BCUT2D eigenvalue weighted by Crippen LogP contribution is 2.34. The van der Waals surface area contributed by atoms with E-state index in [1.54, 1.807) is 0 Å². The van der Waals surface area contributed by atoms with Gasteiger partial charge in [-0.3, -0.25) is 0 Å². The van der Waals surface area contributed by atoms with Crippen molar-refractivity contribution in [2.24, 2.45) is 0 Å². The molecular weight excluding hydrogens is 216 g/mol. The van der Waals surface area contributed by atoms with Gasteiger partial charge in [-0.2, -0.15) is 0 Å². The predicted octanol–water partition coefficient (Wildman–Crippen LogP) is 3.22. The molecule has 1 aliphatic rings. The summed E-state index contributed by atoms with van der Waals surface area (Å²) in [7, 11) is 0. The van der Waals surface area contributed by atoms with Gasteiger partial charge in [-0.05, 0) is 32.9 Å². The monoisotopic (exact) mass is 238 g/mol. The Morgan fingerprint density at radius 3 is 2.38 bits per heavy atom. The third-order valence-corrected chi connectivity index (χ3v) is 4.61. The number of nitrogens with zero attached hydrogens (tertiary/aromatic N) is 1. The third-order valence-electron chi connectivity index (χ3n) is 3.20. The maximum absolute atomic E-state index is 4.90. The van der Waals surface area contributed by atoms with Gasteiger partial charge >= 0.3 is 0 Å². The zero-order chi connectivity index (χ0) is 11.8. The Balaban J connectivity index is 2.24. The van der Waals surface area contributed by atoms with E-state index in [-0.39, 0.29) is 5.41 Å². The summed E-state index contributed by atoms with van der Waals surface area (Å²) in [5, 5.41) is 4.71. The first-order chi connectivity index (χ1) is 7.48. The molecule has 2 heterocycles. The summed E-state index contributed by atoms with van der Waals surface area (Å²) in [5.41, 5.74) is 1.57. The maximum atomic E-state index is 4.90. The van der Waals surface area contributed by atoms with Crippen LogP contribution in [0.25, 0.3) is 0 Å². The van der Waals surface area contributed by atoms with E-state index in [9.17, 15) is 0 Å². The average molecular weight is 238 g/mol. The van der Waals surface area contributed by atoms with E-state index >= 15 is 0 Å². The Labute approximate surface area is 102 Å². The zero-order valence-electron chi connectivity index (χ0n) is 10.8. The molecule has 0 atom stereocenters. The maximum Gasteiger partial charge on any atom is 0.0984 e. The molecule has 0 unspecified atom stereocenters. The van der Waals surface area contributed by atoms with E-state index in [2.05, 4.69) is 33.0 Å². The number of rotatable bonds is 1. The second-order valence-electron chi connectivity index (χ2n) is 5.73. The highest BCUT2D eigenvalue weighted by molar-refractivity contribution is 7.11. The molecule has 0 radical (unpaired) electrons. The Bertz CT molecular complexity index is 356. The van der Waals surface area contributed by atoms with Crippen molar-refractivity contribution in [3.63, 3.8) is 0 Å². The molecule has 0 saturated carbocycles. The van der Waals surface area contributed by atoms with Gasteiger partial charge in [0.05, 0.1) is 10.7 Å². The Kier molecular flexibility index (Phi) is 3.36. The van der Waals surface area contributed by atoms with E-state index in [1.807, 2.05) is 11.3 Å². The SMILES string of the molecule is Cc1sc(C(C)(C)C)nc1C1CCNCC1. The summed E-state index contributed by atoms with van der Waals surface area (Å²) < 4.78 is 0. The molecule has 0 aliphatic carbocycles. The van der Waals surface area contributed by atoms with Gasteiger partial charge in [-0.25, -0.2) is 4.98 Å². The summed E-state index contributed by atoms with van der Waals surface area (Å²) in [5.74, 6) is 0.689. The molecule has 0 aromatic carbocycles. The number of piperidine rings is 1. The molecule has 1 N–H and O–H groups in total. The second kappa shape index (κ2) is 4.46. The minimum absolute atomic E-state index is 0.195. The molecule has 0 bridgehead atoms. The Hall–Kier alpha value is -0.410. The largest absolute Gasteiger partial charge is 0.317 e. The number of hydrogen-bond donors (Lipinski definition) is 1. The molecule has 1 aliphatic heterocycles. The molecule has 1 aromatic heterocycles. The van der Waals surface area contributed by atoms with Gasteiger partial charge in [-0.1, -0.05) is 20.8 Å². The standard InChI is InChI=1S/C13H22N2S/c1-9-11(10-5-7-14-8-6-10)15-12(16-9)13(2,3)4/h10,14H,5-8H2,1-4H3. The van der Waals surface area contributed by atoms with E-state index in [1.165, 1.54) is 28.4 Å². The first-order valence-electron chi connectivity index (χ1n) is 6.17. The van der Waals surface area contributed by atoms with Crippen LogP contribution < -0.4 is 5.32 Å². The van der Waals surface area contributed by atoms with Gasteiger partial charge in [-0.15, -0.1) is 11.3 Å². The normalized spacial score (nSPS) is 19.0. The first kappa shape index (κ1) is 12.1. The molecule has 2 rings (SSSR count). The van der Waals surface area contributed by atoms with Crippen molar-refractivity contribution in [2.45, 2.75) is 51.9 Å². The number of aromatic nitrogens is 1. The van der Waals surface area contributed by atoms with Gasteiger partial charge in [0, 0.05) is 16.2 Å². The van der Waals surface area contributed by atoms with Gasteiger partial charge in [0.1, 0.15) is 0 Å². The molecule has 16 heavy (non-hydrogen) atoms. The van der Waals surface area contributed by atoms with Crippen LogP contribution in [-0.2, 0) is 5.41 Å². The highest BCUT2D eigenvalue weighted by atomic mass is 32.1. The summed E-state index contributed by atoms with van der Waals surface area (Å²) in [6.45, 7) is 11.3. The van der Waals surface area contributed by atoms with Gasteiger partial charge in [0.15, 0.2) is 0 Å². The second-order valence-corrected chi connectivity index (χ2v) is 6.94. The van der Waals surface area contributed by atoms with Crippen molar-refractivity contribution in [1.29, 1.82) is 0 Å². The van der Waals surface area contributed by atoms with Crippen LogP contribution in [0.15, 0.2) is 0 Å². The molecule has 90 valence electrons. The topological polar surface area (TPSA) is 24.9 Å². The third kappa shape index (κ3) is 2.46. The van der Waals surface area contributed by atoms with Gasteiger partial charge in [0.25, 0.3) is 0 Å². The van der Waals surface area contributed by atoms with Crippen molar-refractivity contribution in [3.05, 3.63) is 15.6 Å². The molecule has 2 nitrogen and oxygen atoms in total. The van der Waals surface area contributed by atoms with Crippen molar-refractivity contribution >= 4 is 11.3 Å². The van der Waals surface area contributed by atoms with Crippen molar-refractivity contribution in [1.82, 2.24) is 10.3 Å². The summed E-state index contributed by atoms with van der Waals surface area (Å²) in [4.78, 5) is 6.32. The van der Waals surface area contributed by atoms with Crippen LogP contribution in [0.3, 0.4) is 0 Å². The lowest BCUT2D eigenvalue weighted by Crippen LogP contribution is -2.27. The first-order valence-corrected chi connectivity index (χ1v) is 6.98. The quantitative estimate of drug-likeness (QED) is 0.812. The lowest BCUT2D eigenvalue weighted by Gasteiger charge is -2.21. The van der Waals surface area contributed by atoms with Crippen LogP contribution in [0.1, 0.15) is 55.1 Å². The van der Waals surface area contributed by atoms with Crippen molar-refractivity contribution in [2.75, 3.05) is 13.1 Å². The number of thiazole rings is 1. The Morgan fingerprint density at radius 2 is 1.88 bits per heavy atom. The summed E-state index contributed by atoms with van der Waals surface area (Å²) in [6.07, 6.45) is 2.49. The molecule has 0 amide bonds. The number of hydrogen-bond acceptors (Lipinski definition) is 3. The van der Waals surface area contributed by atoms with Crippen LogP contribution in [0, 0.1) is 6.92 Å². The van der Waals surface area contributed by atoms with Gasteiger partial charge < -0.3 is 5.32 Å². The van der Waals surface area contributed by atoms with E-state index in [0.29, 0.717) is 5.92 Å². The lowest BCUT2D eigenvalue weighted by atomic mass is 9.93. The van der Waals surface area contributed by atoms with Crippen LogP contribution >= 0.6 is 11.3 Å². The fourth-order valence-corrected chi connectivity index (χ4v) is 3.26. The average Bonchev–Trinajstić information content (AvgIpc) is 2.61. The zero-order valence-corrected chi connectivity index (χ0v) is 11.6. The minimum Gasteiger partial charge on any atom is -0.317 e. The summed E-state index contributed by atoms with van der Waals surface area (Å²) in [6, 6.07) is 0. The molecule has 1 fully saturated rings. The van der Waals surface area contributed by atoms with E-state index < -0.39 is 0 Å². The van der Waals surface area contributed by atoms with Crippen molar-refractivity contribution in [3.8, 4) is 0 Å². The smallest absolute Gasteiger partial charge is 0.0984 e. The van der Waals surface area contributed by atoms with E-state index in [0.717, 1.165) is 13.1 Å². The molecule has 0 spiro atoms. The summed E-state index contributed by atoms with van der Waals surface area (Å²) >= 11 is 1.88. The highest BCUT2D eigenvalue weighted by Gasteiger charge is 2.24. The lowest BCUT2D eigenvalue weighted by molar-refractivity contribution is 0.451. The molecular formula is C13H22N2S. The number of aryl methyl sites for hydroxylation is 1. The van der Waals surface area contributed by atoms with E-state index in [4.69, 9.17) is 4.98 Å². The fraction of sp³-hybridized carbons (Fsp3) is 0.769. The van der Waals surface area contributed by atoms with Crippen LogP contribution in [0.4, 0.5) is 0 Å².